The highest BCUT2D eigenvalue weighted by Crippen LogP contribution is 2.65. The molecule has 3 fully saturated rings. The molecule has 4 aliphatic carbocycles. The molecule has 0 saturated heterocycles. The van der Waals surface area contributed by atoms with Crippen LogP contribution in [-0.2, 0) is 19.1 Å². The third-order valence-electron chi connectivity index (χ3n) is 8.57. The van der Waals surface area contributed by atoms with Gasteiger partial charge < -0.3 is 14.7 Å². The van der Waals surface area contributed by atoms with Crippen molar-refractivity contribution < 1.29 is 24.3 Å². The van der Waals surface area contributed by atoms with Crippen LogP contribution in [0.1, 0.15) is 72.6 Å². The average Bonchev–Trinajstić information content (AvgIpc) is 2.97. The van der Waals surface area contributed by atoms with Gasteiger partial charge >= 0.3 is 11.9 Å². The van der Waals surface area contributed by atoms with Gasteiger partial charge in [0.15, 0.2) is 0 Å². The van der Waals surface area contributed by atoms with Crippen LogP contribution in [0.25, 0.3) is 0 Å². The second-order valence-electron chi connectivity index (χ2n) is 10.0. The molecule has 160 valence electrons. The average molecular weight is 404 g/mol. The Labute approximate surface area is 172 Å². The summed E-state index contributed by atoms with van der Waals surface area (Å²) in [7, 11) is 0. The van der Waals surface area contributed by atoms with Gasteiger partial charge in [0.1, 0.15) is 12.2 Å². The van der Waals surface area contributed by atoms with Gasteiger partial charge in [0.05, 0.1) is 5.71 Å². The van der Waals surface area contributed by atoms with E-state index in [0.29, 0.717) is 17.8 Å². The molecule has 4 aliphatic rings. The van der Waals surface area contributed by atoms with E-state index in [2.05, 4.69) is 19.0 Å². The highest BCUT2D eigenvalue weighted by Gasteiger charge is 2.61. The van der Waals surface area contributed by atoms with Gasteiger partial charge in [-0.05, 0) is 79.8 Å². The monoisotopic (exact) mass is 403 g/mol. The van der Waals surface area contributed by atoms with Crippen LogP contribution in [0.2, 0.25) is 0 Å². The molecular weight excluding hydrogens is 370 g/mol. The van der Waals surface area contributed by atoms with Crippen LogP contribution in [0.15, 0.2) is 16.8 Å². The van der Waals surface area contributed by atoms with Crippen molar-refractivity contribution in [2.24, 2.45) is 33.7 Å². The number of rotatable bonds is 2. The Kier molecular flexibility index (Phi) is 5.02. The lowest BCUT2D eigenvalue weighted by atomic mass is 9.47. The largest absolute Gasteiger partial charge is 0.462 e. The molecule has 0 radical (unpaired) electrons. The third kappa shape index (κ3) is 3.19. The molecule has 5 unspecified atom stereocenters. The van der Waals surface area contributed by atoms with Crippen LogP contribution < -0.4 is 0 Å². The van der Waals surface area contributed by atoms with Crippen LogP contribution in [-0.4, -0.2) is 35.1 Å². The molecule has 0 aromatic rings. The molecule has 6 nitrogen and oxygen atoms in total. The zero-order chi connectivity index (χ0) is 21.0. The minimum absolute atomic E-state index is 0.0000764. The van der Waals surface area contributed by atoms with Crippen molar-refractivity contribution in [1.29, 1.82) is 0 Å². The molecular formula is C23H33NO5. The van der Waals surface area contributed by atoms with Gasteiger partial charge in [-0.3, -0.25) is 9.59 Å². The Morgan fingerprint density at radius 3 is 2.41 bits per heavy atom. The van der Waals surface area contributed by atoms with Crippen molar-refractivity contribution in [3.63, 3.8) is 0 Å². The first-order chi connectivity index (χ1) is 13.7. The Bertz CT molecular complexity index is 773. The van der Waals surface area contributed by atoms with E-state index in [1.807, 2.05) is 6.08 Å². The summed E-state index contributed by atoms with van der Waals surface area (Å²) in [5, 5.41) is 13.6. The van der Waals surface area contributed by atoms with Gasteiger partial charge in [0.2, 0.25) is 0 Å². The van der Waals surface area contributed by atoms with Crippen LogP contribution in [0.3, 0.4) is 0 Å². The fourth-order valence-electron chi connectivity index (χ4n) is 7.29. The van der Waals surface area contributed by atoms with Gasteiger partial charge in [-0.25, -0.2) is 0 Å². The maximum Gasteiger partial charge on any atom is 0.303 e. The van der Waals surface area contributed by atoms with Crippen molar-refractivity contribution in [3.8, 4) is 0 Å². The predicted octanol–water partition coefficient (Wildman–Crippen LogP) is 4.25. The fourth-order valence-corrected chi connectivity index (χ4v) is 7.29. The number of allylic oxidation sites excluding steroid dienone is 1. The Morgan fingerprint density at radius 1 is 1.03 bits per heavy atom. The molecule has 0 aliphatic heterocycles. The summed E-state index contributed by atoms with van der Waals surface area (Å²) in [6.45, 7) is 7.52. The lowest BCUT2D eigenvalue weighted by molar-refractivity contribution is -0.156. The summed E-state index contributed by atoms with van der Waals surface area (Å²) in [5.41, 5.74) is 1.74. The highest BCUT2D eigenvalue weighted by molar-refractivity contribution is 6.02. The first kappa shape index (κ1) is 20.4. The van der Waals surface area contributed by atoms with Crippen molar-refractivity contribution in [1.82, 2.24) is 0 Å². The van der Waals surface area contributed by atoms with Gasteiger partial charge in [0.25, 0.3) is 0 Å². The number of fused-ring (bicyclic) bond motifs is 5. The van der Waals surface area contributed by atoms with Gasteiger partial charge in [-0.2, -0.15) is 0 Å². The molecule has 29 heavy (non-hydrogen) atoms. The number of oxime groups is 1. The molecule has 0 spiro atoms. The molecule has 0 aromatic carbocycles. The third-order valence-corrected chi connectivity index (χ3v) is 8.57. The number of hydrogen-bond acceptors (Lipinski definition) is 6. The van der Waals surface area contributed by atoms with Crippen LogP contribution in [0, 0.1) is 28.6 Å². The van der Waals surface area contributed by atoms with E-state index in [0.717, 1.165) is 56.2 Å². The summed E-state index contributed by atoms with van der Waals surface area (Å²) in [6.07, 6.45) is 8.36. The van der Waals surface area contributed by atoms with Crippen molar-refractivity contribution in [2.75, 3.05) is 0 Å². The lowest BCUT2D eigenvalue weighted by Crippen LogP contribution is -2.54. The second kappa shape index (κ2) is 7.13. The molecule has 0 heterocycles. The van der Waals surface area contributed by atoms with E-state index >= 15 is 0 Å². The summed E-state index contributed by atoms with van der Waals surface area (Å²) in [4.78, 5) is 23.1. The SMILES string of the molecule is CC(=O)O[C@@H]1C=C2/C(=N/O)CC3C(CCC4(C)C3CC[C@@H]4OC(C)=O)C2(C)CC1. The number of nitrogens with zero attached hydrogens (tertiary/aromatic N) is 1. The molecule has 1 N–H and O–H groups in total. The van der Waals surface area contributed by atoms with Crippen molar-refractivity contribution >= 4 is 17.7 Å². The molecule has 4 rings (SSSR count). The number of carbonyl (C=O) groups is 2. The topological polar surface area (TPSA) is 85.2 Å². The van der Waals surface area contributed by atoms with Crippen LogP contribution >= 0.6 is 0 Å². The minimum atomic E-state index is -0.275. The molecule has 0 amide bonds. The zero-order valence-corrected chi connectivity index (χ0v) is 17.9. The molecule has 7 atom stereocenters. The molecule has 0 bridgehead atoms. The zero-order valence-electron chi connectivity index (χ0n) is 17.9. The maximum atomic E-state index is 11.6. The number of esters is 2. The molecule has 3 saturated carbocycles. The number of carbonyl (C=O) groups excluding carboxylic acids is 2. The van der Waals surface area contributed by atoms with Gasteiger partial charge in [-0.15, -0.1) is 0 Å². The minimum Gasteiger partial charge on any atom is -0.462 e. The summed E-state index contributed by atoms with van der Waals surface area (Å²) >= 11 is 0. The van der Waals surface area contributed by atoms with Gasteiger partial charge in [0, 0.05) is 19.3 Å². The Hall–Kier alpha value is -1.85. The van der Waals surface area contributed by atoms with Crippen molar-refractivity contribution in [2.45, 2.75) is 84.8 Å². The molecule has 0 aromatic heterocycles. The Balaban J connectivity index is 1.65. The smallest absolute Gasteiger partial charge is 0.303 e. The molecule has 6 heteroatoms. The summed E-state index contributed by atoms with van der Waals surface area (Å²) in [5.74, 6) is 0.926. The first-order valence-electron chi connectivity index (χ1n) is 11.0. The summed E-state index contributed by atoms with van der Waals surface area (Å²) < 4.78 is 11.2. The fraction of sp³-hybridized carbons (Fsp3) is 0.783. The van der Waals surface area contributed by atoms with E-state index in [-0.39, 0.29) is 35.0 Å². The Morgan fingerprint density at radius 2 is 1.76 bits per heavy atom. The second-order valence-corrected chi connectivity index (χ2v) is 10.0. The lowest BCUT2D eigenvalue weighted by Gasteiger charge is -2.58. The first-order valence-corrected chi connectivity index (χ1v) is 11.0. The predicted molar refractivity (Wildman–Crippen MR) is 107 cm³/mol. The van der Waals surface area contributed by atoms with E-state index in [9.17, 15) is 14.8 Å². The van der Waals surface area contributed by atoms with Gasteiger partial charge in [-0.1, -0.05) is 19.0 Å². The quantitative estimate of drug-likeness (QED) is 0.423. The van der Waals surface area contributed by atoms with E-state index in [1.54, 1.807) is 0 Å². The maximum absolute atomic E-state index is 11.6. The van der Waals surface area contributed by atoms with Crippen LogP contribution in [0.5, 0.6) is 0 Å². The summed E-state index contributed by atoms with van der Waals surface area (Å²) in [6, 6.07) is 0. The standard InChI is InChI=1S/C23H33NO5/c1-13(25)28-15-7-9-22(3)18-8-10-23(4)17(5-6-21(23)29-14(2)26)16(18)12-20(24-27)19(22)11-15/h11,15-18,21,27H,5-10,12H2,1-4H3/b24-20+/t15-,16?,17?,18?,21-,22?,23?/m0/s1. The van der Waals surface area contributed by atoms with E-state index in [4.69, 9.17) is 9.47 Å². The highest BCUT2D eigenvalue weighted by atomic mass is 16.5. The normalized spacial score (nSPS) is 44.9. The van der Waals surface area contributed by atoms with Crippen LogP contribution in [0.4, 0.5) is 0 Å². The van der Waals surface area contributed by atoms with E-state index < -0.39 is 0 Å². The van der Waals surface area contributed by atoms with E-state index in [1.165, 1.54) is 13.8 Å². The van der Waals surface area contributed by atoms with Crippen molar-refractivity contribution in [3.05, 3.63) is 11.6 Å². The number of hydrogen-bond donors (Lipinski definition) is 1. The number of ether oxygens (including phenoxy) is 2.